The molecular weight excluding hydrogens is 448 g/mol. The van der Waals surface area contributed by atoms with Crippen molar-refractivity contribution in [2.45, 2.75) is 5.22 Å². The van der Waals surface area contributed by atoms with E-state index < -0.39 is 5.97 Å². The molecule has 31 heavy (non-hydrogen) atoms. The molecule has 3 rings (SSSR count). The second-order valence-corrected chi connectivity index (χ2v) is 7.34. The predicted octanol–water partition coefficient (Wildman–Crippen LogP) is 4.34. The summed E-state index contributed by atoms with van der Waals surface area (Å²) in [4.78, 5) is 11.7. The largest absolute Gasteiger partial charge is 0.502 e. The molecule has 0 aliphatic rings. The molecule has 0 unspecified atom stereocenters. The van der Waals surface area contributed by atoms with Gasteiger partial charge >= 0.3 is 5.97 Å². The van der Waals surface area contributed by atoms with Gasteiger partial charge in [-0.25, -0.2) is 4.79 Å². The molecule has 0 spiro atoms. The number of halogens is 1. The zero-order chi connectivity index (χ0) is 22.5. The van der Waals surface area contributed by atoms with Crippen LogP contribution in [-0.2, 0) is 4.79 Å². The maximum Gasteiger partial charge on any atom is 0.342 e. The van der Waals surface area contributed by atoms with Gasteiger partial charge in [-0.15, -0.1) is 10.2 Å². The van der Waals surface area contributed by atoms with Gasteiger partial charge in [0.05, 0.1) is 26.9 Å². The normalized spacial score (nSPS) is 11.3. The number of carboxylic acids is 1. The van der Waals surface area contributed by atoms with Crippen molar-refractivity contribution < 1.29 is 33.6 Å². The number of carbonyl (C=O) groups is 1. The lowest BCUT2D eigenvalue weighted by molar-refractivity contribution is -0.131. The van der Waals surface area contributed by atoms with Gasteiger partial charge in [-0.2, -0.15) is 0 Å². The monoisotopic (exact) mass is 464 g/mol. The number of aromatic nitrogens is 2. The summed E-state index contributed by atoms with van der Waals surface area (Å²) < 4.78 is 21.1. The predicted molar refractivity (Wildman–Crippen MR) is 114 cm³/mol. The number of carboxylic acid groups (broad SMARTS) is 1. The minimum absolute atomic E-state index is 0.00314. The quantitative estimate of drug-likeness (QED) is 0.367. The van der Waals surface area contributed by atoms with E-state index in [-0.39, 0.29) is 33.3 Å². The number of aliphatic carboxylic acids is 1. The molecule has 1 aromatic heterocycles. The average Bonchev–Trinajstić information content (AvgIpc) is 3.22. The van der Waals surface area contributed by atoms with Crippen LogP contribution >= 0.6 is 23.4 Å². The van der Waals surface area contributed by atoms with E-state index in [1.165, 1.54) is 39.5 Å². The third kappa shape index (κ3) is 5.04. The first-order valence-electron chi connectivity index (χ1n) is 8.61. The molecule has 0 aliphatic heterocycles. The fourth-order valence-electron chi connectivity index (χ4n) is 2.58. The van der Waals surface area contributed by atoms with Gasteiger partial charge in [-0.05, 0) is 53.7 Å². The molecule has 2 N–H and O–H groups in total. The highest BCUT2D eigenvalue weighted by molar-refractivity contribution is 8.03. The number of ether oxygens (including phenoxy) is 3. The highest BCUT2D eigenvalue weighted by Crippen LogP contribution is 2.39. The van der Waals surface area contributed by atoms with Crippen molar-refractivity contribution in [2.24, 2.45) is 0 Å². The number of methoxy groups -OCH3 is 3. The smallest absolute Gasteiger partial charge is 0.342 e. The first kappa shape index (κ1) is 22.3. The van der Waals surface area contributed by atoms with E-state index in [4.69, 9.17) is 30.2 Å². The molecule has 0 saturated carbocycles. The van der Waals surface area contributed by atoms with Crippen molar-refractivity contribution >= 4 is 35.4 Å². The summed E-state index contributed by atoms with van der Waals surface area (Å²) in [7, 11) is 4.24. The van der Waals surface area contributed by atoms with Crippen LogP contribution in [0, 0.1) is 0 Å². The number of phenols is 1. The molecule has 1 heterocycles. The summed E-state index contributed by atoms with van der Waals surface area (Å²) in [6.07, 6.45) is 1.36. The van der Waals surface area contributed by atoms with Crippen molar-refractivity contribution in [3.8, 4) is 34.5 Å². The van der Waals surface area contributed by atoms with Crippen LogP contribution in [0.5, 0.6) is 23.0 Å². The van der Waals surface area contributed by atoms with Gasteiger partial charge in [0.1, 0.15) is 10.7 Å². The van der Waals surface area contributed by atoms with Crippen LogP contribution in [0.4, 0.5) is 0 Å². The molecule has 0 fully saturated rings. The first-order chi connectivity index (χ1) is 14.9. The van der Waals surface area contributed by atoms with Crippen molar-refractivity contribution in [3.63, 3.8) is 0 Å². The third-order valence-corrected chi connectivity index (χ3v) is 5.09. The number of hydrogen-bond donors (Lipinski definition) is 2. The lowest BCUT2D eigenvalue weighted by Gasteiger charge is -2.10. The van der Waals surface area contributed by atoms with Crippen LogP contribution < -0.4 is 14.2 Å². The number of nitrogens with zero attached hydrogens (tertiary/aromatic N) is 2. The molecule has 3 aromatic rings. The van der Waals surface area contributed by atoms with E-state index in [1.807, 2.05) is 0 Å². The van der Waals surface area contributed by atoms with Crippen LogP contribution in [0.3, 0.4) is 0 Å². The Labute approximate surface area is 186 Å². The highest BCUT2D eigenvalue weighted by Gasteiger charge is 2.19. The van der Waals surface area contributed by atoms with Crippen molar-refractivity contribution in [2.75, 3.05) is 21.3 Å². The maximum absolute atomic E-state index is 11.8. The Hall–Kier alpha value is -3.37. The van der Waals surface area contributed by atoms with Gasteiger partial charge in [0, 0.05) is 5.02 Å². The maximum atomic E-state index is 11.8. The number of rotatable bonds is 8. The van der Waals surface area contributed by atoms with E-state index >= 15 is 0 Å². The van der Waals surface area contributed by atoms with Crippen LogP contribution in [0.15, 0.2) is 44.9 Å². The lowest BCUT2D eigenvalue weighted by Crippen LogP contribution is -1.97. The second-order valence-electron chi connectivity index (χ2n) is 5.91. The van der Waals surface area contributed by atoms with Crippen molar-refractivity contribution in [1.29, 1.82) is 0 Å². The fraction of sp³-hybridized carbons (Fsp3) is 0.150. The van der Waals surface area contributed by atoms with Crippen LogP contribution in [-0.4, -0.2) is 47.7 Å². The second kappa shape index (κ2) is 9.63. The molecule has 0 atom stereocenters. The number of thioether (sulfide) groups is 1. The topological polar surface area (TPSA) is 124 Å². The van der Waals surface area contributed by atoms with Gasteiger partial charge < -0.3 is 28.8 Å². The SMILES string of the molecule is COc1ccc(Cl)cc1-c1nnc(S/C(=C\c2cc(OC)c(O)c(OC)c2)C(=O)O)o1. The summed E-state index contributed by atoms with van der Waals surface area (Å²) in [5, 5.41) is 27.9. The zero-order valence-electron chi connectivity index (χ0n) is 16.6. The molecule has 0 amide bonds. The molecule has 0 bridgehead atoms. The first-order valence-corrected chi connectivity index (χ1v) is 9.81. The Kier molecular flexibility index (Phi) is 6.93. The van der Waals surface area contributed by atoms with E-state index in [1.54, 1.807) is 18.2 Å². The van der Waals surface area contributed by atoms with Gasteiger partial charge in [0.25, 0.3) is 11.1 Å². The van der Waals surface area contributed by atoms with Crippen molar-refractivity contribution in [1.82, 2.24) is 10.2 Å². The Balaban J connectivity index is 1.94. The minimum atomic E-state index is -1.21. The van der Waals surface area contributed by atoms with Crippen LogP contribution in [0.2, 0.25) is 5.02 Å². The Morgan fingerprint density at radius 1 is 1.06 bits per heavy atom. The summed E-state index contributed by atoms with van der Waals surface area (Å²) in [5.41, 5.74) is 0.899. The standard InChI is InChI=1S/C20H17ClN2O7S/c1-27-13-5-4-11(21)9-12(13)18-22-23-20(30-18)31-16(19(25)26)8-10-6-14(28-2)17(24)15(7-10)29-3/h4-9,24H,1-3H3,(H,25,26)/b16-8-. The number of benzene rings is 2. The van der Waals surface area contributed by atoms with E-state index in [9.17, 15) is 15.0 Å². The highest BCUT2D eigenvalue weighted by atomic mass is 35.5. The molecule has 0 radical (unpaired) electrons. The molecule has 9 nitrogen and oxygen atoms in total. The summed E-state index contributed by atoms with van der Waals surface area (Å²) in [6.45, 7) is 0. The Morgan fingerprint density at radius 3 is 2.29 bits per heavy atom. The molecule has 0 aliphatic carbocycles. The van der Waals surface area contributed by atoms with E-state index in [0.29, 0.717) is 21.9 Å². The van der Waals surface area contributed by atoms with Crippen LogP contribution in [0.1, 0.15) is 5.56 Å². The molecule has 11 heteroatoms. The van der Waals surface area contributed by atoms with Gasteiger partial charge in [-0.3, -0.25) is 0 Å². The number of hydrogen-bond acceptors (Lipinski definition) is 9. The minimum Gasteiger partial charge on any atom is -0.502 e. The van der Waals surface area contributed by atoms with Gasteiger partial charge in [0.2, 0.25) is 5.75 Å². The summed E-state index contributed by atoms with van der Waals surface area (Å²) in [6, 6.07) is 7.85. The zero-order valence-corrected chi connectivity index (χ0v) is 18.2. The number of aromatic hydroxyl groups is 1. The molecule has 162 valence electrons. The Bertz CT molecular complexity index is 1120. The summed E-state index contributed by atoms with van der Waals surface area (Å²) in [5.74, 6) is -0.539. The van der Waals surface area contributed by atoms with Crippen molar-refractivity contribution in [3.05, 3.63) is 45.8 Å². The number of phenolic OH excluding ortho intramolecular Hbond substituents is 1. The Morgan fingerprint density at radius 2 is 1.71 bits per heavy atom. The summed E-state index contributed by atoms with van der Waals surface area (Å²) >= 11 is 6.79. The van der Waals surface area contributed by atoms with Gasteiger partial charge in [0.15, 0.2) is 11.5 Å². The van der Waals surface area contributed by atoms with Crippen LogP contribution in [0.25, 0.3) is 17.5 Å². The molecular formula is C20H17ClN2O7S. The molecule has 0 saturated heterocycles. The average molecular weight is 465 g/mol. The lowest BCUT2D eigenvalue weighted by atomic mass is 10.1. The van der Waals surface area contributed by atoms with Gasteiger partial charge in [-0.1, -0.05) is 11.6 Å². The third-order valence-electron chi connectivity index (χ3n) is 4.01. The molecule has 2 aromatic carbocycles. The fourth-order valence-corrected chi connectivity index (χ4v) is 3.43. The van der Waals surface area contributed by atoms with E-state index in [0.717, 1.165) is 11.8 Å². The van der Waals surface area contributed by atoms with E-state index in [2.05, 4.69) is 10.2 Å².